The summed E-state index contributed by atoms with van der Waals surface area (Å²) in [6.07, 6.45) is 0.965. The summed E-state index contributed by atoms with van der Waals surface area (Å²) in [7, 11) is -3.36. The average Bonchev–Trinajstić information content (AvgIpc) is 3.36. The van der Waals surface area contributed by atoms with Crippen molar-refractivity contribution < 1.29 is 27.1 Å². The maximum atomic E-state index is 13.6. The Hall–Kier alpha value is -5.07. The molecule has 0 aliphatic carbocycles. The van der Waals surface area contributed by atoms with E-state index in [-0.39, 0.29) is 27.7 Å². The predicted octanol–water partition coefficient (Wildman–Crippen LogP) is 3.12. The van der Waals surface area contributed by atoms with E-state index in [1.165, 1.54) is 49.6 Å². The predicted molar refractivity (Wildman–Crippen MR) is 147 cm³/mol. The fourth-order valence-electron chi connectivity index (χ4n) is 4.01. The number of benzene rings is 2. The number of anilines is 2. The zero-order chi connectivity index (χ0) is 29.9. The van der Waals surface area contributed by atoms with Crippen LogP contribution in [0.25, 0.3) is 0 Å². The number of nitro groups is 1. The topological polar surface area (TPSA) is 197 Å². The highest BCUT2D eigenvalue weighted by molar-refractivity contribution is 7.87. The zero-order valence-corrected chi connectivity index (χ0v) is 22.9. The molecule has 1 aliphatic heterocycles. The minimum Gasteiger partial charge on any atom is -0.361 e. The fraction of sp³-hybridized carbons (Fsp3) is 0.160. The third-order valence-electron chi connectivity index (χ3n) is 5.86. The van der Waals surface area contributed by atoms with Gasteiger partial charge in [0.15, 0.2) is 10.7 Å². The van der Waals surface area contributed by atoms with Crippen LogP contribution in [0.2, 0.25) is 5.02 Å². The van der Waals surface area contributed by atoms with Crippen LogP contribution in [0.4, 0.5) is 17.2 Å². The van der Waals surface area contributed by atoms with E-state index in [2.05, 4.69) is 20.7 Å². The lowest BCUT2D eigenvalue weighted by atomic mass is 10.0. The zero-order valence-electron chi connectivity index (χ0n) is 21.4. The van der Waals surface area contributed by atoms with Crippen molar-refractivity contribution in [2.24, 2.45) is 5.10 Å². The molecule has 0 saturated carbocycles. The number of hydrazone groups is 1. The molecule has 4 rings (SSSR count). The van der Waals surface area contributed by atoms with Crippen molar-refractivity contribution in [3.8, 4) is 6.07 Å². The van der Waals surface area contributed by atoms with Crippen LogP contribution in [0.1, 0.15) is 27.9 Å². The number of hydrogen-bond acceptors (Lipinski definition) is 11. The smallest absolute Gasteiger partial charge is 0.347 e. The number of carbonyl (C=O) groups excluding carboxylic acids is 2. The van der Waals surface area contributed by atoms with E-state index >= 15 is 0 Å². The van der Waals surface area contributed by atoms with Gasteiger partial charge in [0, 0.05) is 19.3 Å². The molecule has 2 amide bonds. The minimum absolute atomic E-state index is 0.000851. The Kier molecular flexibility index (Phi) is 8.17. The third-order valence-corrected chi connectivity index (χ3v) is 7.45. The lowest BCUT2D eigenvalue weighted by Gasteiger charge is -2.23. The molecule has 0 radical (unpaired) electrons. The molecule has 210 valence electrons. The molecular weight excluding hydrogens is 578 g/mol. The first-order valence-corrected chi connectivity index (χ1v) is 13.5. The summed E-state index contributed by atoms with van der Waals surface area (Å²) >= 11 is 6.29. The SMILES string of the molecule is CNC(=O)c1cc(C#N)cc(C)c1NC(=O)C1CC(OS(=O)(=O)c2ccccc2[N+](=O)[O-])=NN1c1ncccc1Cl. The normalized spacial score (nSPS) is 14.5. The van der Waals surface area contributed by atoms with Crippen LogP contribution >= 0.6 is 11.6 Å². The highest BCUT2D eigenvalue weighted by Gasteiger charge is 2.40. The molecule has 1 aromatic heterocycles. The van der Waals surface area contributed by atoms with Gasteiger partial charge in [-0.15, -0.1) is 5.10 Å². The number of amides is 2. The molecule has 14 nitrogen and oxygen atoms in total. The summed E-state index contributed by atoms with van der Waals surface area (Å²) in [6, 6.07) is 11.1. The second kappa shape index (κ2) is 11.6. The number of para-hydroxylation sites is 1. The number of nitrogens with zero attached hydrogens (tertiary/aromatic N) is 5. The van der Waals surface area contributed by atoms with Crippen LogP contribution in [0.15, 0.2) is 64.7 Å². The maximum Gasteiger partial charge on any atom is 0.347 e. The summed E-state index contributed by atoms with van der Waals surface area (Å²) in [5, 5.41) is 31.1. The van der Waals surface area contributed by atoms with Gasteiger partial charge in [-0.25, -0.2) is 9.99 Å². The largest absolute Gasteiger partial charge is 0.361 e. The Morgan fingerprint density at radius 3 is 2.63 bits per heavy atom. The Morgan fingerprint density at radius 2 is 1.98 bits per heavy atom. The number of nitrogens with one attached hydrogen (secondary N) is 2. The first-order chi connectivity index (χ1) is 19.5. The Morgan fingerprint density at radius 1 is 1.24 bits per heavy atom. The van der Waals surface area contributed by atoms with Crippen LogP contribution in [-0.4, -0.2) is 49.1 Å². The van der Waals surface area contributed by atoms with Gasteiger partial charge < -0.3 is 14.8 Å². The lowest BCUT2D eigenvalue weighted by Crippen LogP contribution is -2.39. The van der Waals surface area contributed by atoms with Gasteiger partial charge in [0.2, 0.25) is 11.8 Å². The number of halogens is 1. The van der Waals surface area contributed by atoms with E-state index in [0.29, 0.717) is 5.56 Å². The van der Waals surface area contributed by atoms with E-state index in [1.807, 2.05) is 6.07 Å². The van der Waals surface area contributed by atoms with Crippen molar-refractivity contribution >= 4 is 56.6 Å². The van der Waals surface area contributed by atoms with Gasteiger partial charge in [-0.2, -0.15) is 13.7 Å². The van der Waals surface area contributed by atoms with Crippen LogP contribution in [0.5, 0.6) is 0 Å². The third kappa shape index (κ3) is 5.93. The minimum atomic E-state index is -4.75. The van der Waals surface area contributed by atoms with E-state index < -0.39 is 55.8 Å². The van der Waals surface area contributed by atoms with Gasteiger partial charge in [0.25, 0.3) is 11.6 Å². The quantitative estimate of drug-likeness (QED) is 0.232. The van der Waals surface area contributed by atoms with Gasteiger partial charge in [-0.3, -0.25) is 19.7 Å². The van der Waals surface area contributed by atoms with Crippen molar-refractivity contribution in [3.05, 3.63) is 86.6 Å². The van der Waals surface area contributed by atoms with Crippen molar-refractivity contribution in [3.63, 3.8) is 0 Å². The molecule has 1 aliphatic rings. The highest BCUT2D eigenvalue weighted by atomic mass is 35.5. The molecule has 1 atom stereocenters. The van der Waals surface area contributed by atoms with Crippen LogP contribution in [0.3, 0.4) is 0 Å². The molecule has 2 aromatic carbocycles. The van der Waals surface area contributed by atoms with Crippen molar-refractivity contribution in [1.29, 1.82) is 5.26 Å². The fourth-order valence-corrected chi connectivity index (χ4v) is 5.30. The van der Waals surface area contributed by atoms with Crippen LogP contribution in [-0.2, 0) is 19.1 Å². The van der Waals surface area contributed by atoms with Crippen LogP contribution in [0, 0.1) is 28.4 Å². The molecule has 41 heavy (non-hydrogen) atoms. The number of rotatable bonds is 7. The molecule has 0 saturated heterocycles. The number of nitro benzene ring substituents is 1. The van der Waals surface area contributed by atoms with Crippen molar-refractivity contribution in [2.45, 2.75) is 24.3 Å². The number of hydrogen-bond donors (Lipinski definition) is 2. The number of carbonyl (C=O) groups is 2. The van der Waals surface area contributed by atoms with Crippen LogP contribution < -0.4 is 15.6 Å². The molecule has 0 spiro atoms. The second-order valence-electron chi connectivity index (χ2n) is 8.53. The molecule has 0 bridgehead atoms. The Bertz CT molecular complexity index is 1760. The highest BCUT2D eigenvalue weighted by Crippen LogP contribution is 2.33. The molecular formula is C25H20ClN7O7S. The summed E-state index contributed by atoms with van der Waals surface area (Å²) in [5.74, 6) is -1.77. The standard InChI is InChI=1S/C25H20ClN7O7S/c1-14-10-15(13-27)11-16(24(34)28-2)22(14)30-25(35)19-12-21(31-32(19)23-17(26)6-5-9-29-23)40-41(38,39)20-8-4-3-7-18(20)33(36)37/h3-11,19H,12H2,1-2H3,(H,28,34)(H,30,35). The van der Waals surface area contributed by atoms with E-state index in [0.717, 1.165) is 17.1 Å². The number of aryl methyl sites for hydroxylation is 1. The molecule has 3 aromatic rings. The van der Waals surface area contributed by atoms with Gasteiger partial charge in [0.05, 0.1) is 39.3 Å². The number of aromatic nitrogens is 1. The summed E-state index contributed by atoms with van der Waals surface area (Å²) < 4.78 is 31.2. The van der Waals surface area contributed by atoms with E-state index in [4.69, 9.17) is 15.8 Å². The average molecular weight is 598 g/mol. The van der Waals surface area contributed by atoms with Crippen molar-refractivity contribution in [2.75, 3.05) is 17.4 Å². The Balaban J connectivity index is 1.71. The summed E-state index contributed by atoms with van der Waals surface area (Å²) in [4.78, 5) is 40.1. The summed E-state index contributed by atoms with van der Waals surface area (Å²) in [6.45, 7) is 1.59. The molecule has 1 unspecified atom stereocenters. The molecule has 2 heterocycles. The van der Waals surface area contributed by atoms with E-state index in [9.17, 15) is 33.4 Å². The lowest BCUT2D eigenvalue weighted by molar-refractivity contribution is -0.387. The van der Waals surface area contributed by atoms with Crippen molar-refractivity contribution in [1.82, 2.24) is 10.3 Å². The molecule has 16 heteroatoms. The van der Waals surface area contributed by atoms with Gasteiger partial charge >= 0.3 is 10.1 Å². The van der Waals surface area contributed by atoms with Gasteiger partial charge in [-0.1, -0.05) is 23.7 Å². The second-order valence-corrected chi connectivity index (χ2v) is 10.4. The molecule has 0 fully saturated rings. The Labute approximate surface area is 238 Å². The maximum absolute atomic E-state index is 13.6. The first-order valence-electron chi connectivity index (χ1n) is 11.7. The van der Waals surface area contributed by atoms with E-state index in [1.54, 1.807) is 6.92 Å². The monoisotopic (exact) mass is 597 g/mol. The number of nitriles is 1. The number of pyridine rings is 1. The van der Waals surface area contributed by atoms with Gasteiger partial charge in [0.1, 0.15) is 6.04 Å². The molecule has 2 N–H and O–H groups in total. The summed E-state index contributed by atoms with van der Waals surface area (Å²) in [5.41, 5.74) is 0.0355. The van der Waals surface area contributed by atoms with Gasteiger partial charge in [-0.05, 0) is 42.8 Å². The first kappa shape index (κ1) is 28.9.